The summed E-state index contributed by atoms with van der Waals surface area (Å²) in [4.78, 5) is 0. The normalized spacial score (nSPS) is 12.1. The van der Waals surface area contributed by atoms with Crippen LogP contribution in [0.5, 0.6) is 5.75 Å². The van der Waals surface area contributed by atoms with Crippen LogP contribution in [-0.2, 0) is 0 Å². The molecule has 5 aromatic carbocycles. The minimum absolute atomic E-state index is 0.373. The molecule has 0 saturated heterocycles. The number of fused-ring (bicyclic) bond motifs is 2. The SMILES string of the molecule is Cc1cc2c(O)cc(C)c3c4cccc5cccc(c(c1)c23)c54. The molecule has 0 atom stereocenters. The lowest BCUT2D eigenvalue weighted by molar-refractivity contribution is 0.481. The van der Waals surface area contributed by atoms with Crippen molar-refractivity contribution in [1.29, 1.82) is 0 Å². The monoisotopic (exact) mass is 296 g/mol. The molecule has 0 fully saturated rings. The summed E-state index contributed by atoms with van der Waals surface area (Å²) in [6.07, 6.45) is 0. The Labute approximate surface area is 134 Å². The van der Waals surface area contributed by atoms with Crippen LogP contribution in [0.1, 0.15) is 11.1 Å². The maximum atomic E-state index is 10.5. The summed E-state index contributed by atoms with van der Waals surface area (Å²) in [5.74, 6) is 0.373. The van der Waals surface area contributed by atoms with Crippen LogP contribution < -0.4 is 0 Å². The van der Waals surface area contributed by atoms with E-state index in [0.29, 0.717) is 5.75 Å². The molecule has 0 spiro atoms. The molecule has 0 heterocycles. The van der Waals surface area contributed by atoms with Gasteiger partial charge in [-0.15, -0.1) is 0 Å². The Morgan fingerprint density at radius 3 is 2.13 bits per heavy atom. The number of rotatable bonds is 0. The largest absolute Gasteiger partial charge is 0.507 e. The Balaban J connectivity index is 2.30. The maximum Gasteiger partial charge on any atom is 0.123 e. The van der Waals surface area contributed by atoms with Crippen molar-refractivity contribution in [3.8, 4) is 5.75 Å². The molecule has 1 N–H and O–H groups in total. The number of aromatic hydroxyl groups is 1. The highest BCUT2D eigenvalue weighted by atomic mass is 16.3. The molecule has 23 heavy (non-hydrogen) atoms. The van der Waals surface area contributed by atoms with E-state index in [1.807, 2.05) is 6.07 Å². The van der Waals surface area contributed by atoms with Gasteiger partial charge in [-0.3, -0.25) is 0 Å². The fourth-order valence-corrected chi connectivity index (χ4v) is 4.14. The van der Waals surface area contributed by atoms with Gasteiger partial charge in [-0.1, -0.05) is 42.5 Å². The predicted molar refractivity (Wildman–Crippen MR) is 98.8 cm³/mol. The van der Waals surface area contributed by atoms with E-state index >= 15 is 0 Å². The summed E-state index contributed by atoms with van der Waals surface area (Å²) in [7, 11) is 0. The number of benzene rings is 5. The number of hydrogen-bond donors (Lipinski definition) is 1. The molecule has 0 aliphatic heterocycles. The van der Waals surface area contributed by atoms with Gasteiger partial charge in [0.15, 0.2) is 0 Å². The van der Waals surface area contributed by atoms with Gasteiger partial charge in [0.05, 0.1) is 0 Å². The Morgan fingerprint density at radius 2 is 1.35 bits per heavy atom. The zero-order valence-electron chi connectivity index (χ0n) is 13.1. The van der Waals surface area contributed by atoms with E-state index in [2.05, 4.69) is 62.4 Å². The third kappa shape index (κ3) is 1.52. The summed E-state index contributed by atoms with van der Waals surface area (Å²) < 4.78 is 0. The van der Waals surface area contributed by atoms with Gasteiger partial charge in [-0.25, -0.2) is 0 Å². The van der Waals surface area contributed by atoms with Crippen LogP contribution in [0.3, 0.4) is 0 Å². The Morgan fingerprint density at radius 1 is 0.652 bits per heavy atom. The summed E-state index contributed by atoms with van der Waals surface area (Å²) in [6, 6.07) is 19.2. The number of phenolic OH excluding ortho intramolecular Hbond substituents is 1. The number of aryl methyl sites for hydroxylation is 2. The molecule has 0 amide bonds. The molecule has 0 saturated carbocycles. The van der Waals surface area contributed by atoms with Gasteiger partial charge in [0.25, 0.3) is 0 Å². The Hall–Kier alpha value is -2.80. The molecular weight excluding hydrogens is 280 g/mol. The maximum absolute atomic E-state index is 10.5. The molecular formula is C22H16O. The molecule has 110 valence electrons. The van der Waals surface area contributed by atoms with Crippen LogP contribution in [-0.4, -0.2) is 5.11 Å². The van der Waals surface area contributed by atoms with Crippen molar-refractivity contribution >= 4 is 43.1 Å². The summed E-state index contributed by atoms with van der Waals surface area (Å²) in [6.45, 7) is 4.18. The summed E-state index contributed by atoms with van der Waals surface area (Å²) in [5.41, 5.74) is 2.30. The fraction of sp³-hybridized carbons (Fsp3) is 0.0909. The molecule has 1 nitrogen and oxygen atoms in total. The second-order valence-electron chi connectivity index (χ2n) is 6.53. The Bertz CT molecular complexity index is 1230. The van der Waals surface area contributed by atoms with Crippen molar-refractivity contribution in [3.05, 3.63) is 65.7 Å². The quantitative estimate of drug-likeness (QED) is 0.272. The van der Waals surface area contributed by atoms with Gasteiger partial charge in [0.1, 0.15) is 5.75 Å². The minimum atomic E-state index is 0.373. The minimum Gasteiger partial charge on any atom is -0.507 e. The van der Waals surface area contributed by atoms with E-state index < -0.39 is 0 Å². The molecule has 0 aliphatic rings. The average molecular weight is 296 g/mol. The lowest BCUT2D eigenvalue weighted by Crippen LogP contribution is -1.90. The zero-order chi connectivity index (χ0) is 15.7. The fourth-order valence-electron chi connectivity index (χ4n) is 4.14. The van der Waals surface area contributed by atoms with Crippen molar-refractivity contribution in [2.45, 2.75) is 13.8 Å². The lowest BCUT2D eigenvalue weighted by Gasteiger charge is -2.17. The highest BCUT2D eigenvalue weighted by molar-refractivity contribution is 6.34. The van der Waals surface area contributed by atoms with E-state index in [9.17, 15) is 5.11 Å². The summed E-state index contributed by atoms with van der Waals surface area (Å²) >= 11 is 0. The predicted octanol–water partition coefficient (Wildman–Crippen LogP) is 6.06. The first-order valence-electron chi connectivity index (χ1n) is 7.94. The van der Waals surface area contributed by atoms with Crippen LogP contribution >= 0.6 is 0 Å². The topological polar surface area (TPSA) is 20.2 Å². The van der Waals surface area contributed by atoms with E-state index in [4.69, 9.17) is 0 Å². The standard InChI is InChI=1S/C22H16O/c1-12-9-17-15-7-3-5-14-6-4-8-16(21(14)15)20-13(2)11-19(23)18(10-12)22(17)20/h3-11,23H,1-2H3. The highest BCUT2D eigenvalue weighted by Gasteiger charge is 2.16. The number of phenols is 1. The third-order valence-electron chi connectivity index (χ3n) is 5.02. The van der Waals surface area contributed by atoms with Crippen LogP contribution in [0.25, 0.3) is 43.1 Å². The Kier molecular flexibility index (Phi) is 2.29. The van der Waals surface area contributed by atoms with Crippen molar-refractivity contribution in [2.24, 2.45) is 0 Å². The first kappa shape index (κ1) is 12.7. The molecule has 0 unspecified atom stereocenters. The second-order valence-corrected chi connectivity index (χ2v) is 6.53. The van der Waals surface area contributed by atoms with Crippen molar-refractivity contribution < 1.29 is 5.11 Å². The van der Waals surface area contributed by atoms with Crippen LogP contribution in [0.2, 0.25) is 0 Å². The van der Waals surface area contributed by atoms with Gasteiger partial charge in [0, 0.05) is 10.8 Å². The lowest BCUT2D eigenvalue weighted by atomic mass is 9.87. The van der Waals surface area contributed by atoms with Gasteiger partial charge in [-0.2, -0.15) is 0 Å². The van der Waals surface area contributed by atoms with E-state index in [-0.39, 0.29) is 0 Å². The van der Waals surface area contributed by atoms with Gasteiger partial charge in [-0.05, 0) is 69.4 Å². The summed E-state index contributed by atoms with van der Waals surface area (Å²) in [5, 5.41) is 20.3. The molecule has 5 aromatic rings. The second kappa shape index (κ2) is 4.14. The molecule has 1 heteroatoms. The van der Waals surface area contributed by atoms with Crippen molar-refractivity contribution in [2.75, 3.05) is 0 Å². The van der Waals surface area contributed by atoms with Gasteiger partial charge in [0.2, 0.25) is 0 Å². The average Bonchev–Trinajstić information content (AvgIpc) is 2.54. The van der Waals surface area contributed by atoms with E-state index in [1.54, 1.807) is 0 Å². The highest BCUT2D eigenvalue weighted by Crippen LogP contribution is 2.44. The molecule has 0 aromatic heterocycles. The van der Waals surface area contributed by atoms with Crippen LogP contribution in [0.15, 0.2) is 54.6 Å². The first-order valence-corrected chi connectivity index (χ1v) is 7.94. The zero-order valence-corrected chi connectivity index (χ0v) is 13.1. The molecule has 5 rings (SSSR count). The van der Waals surface area contributed by atoms with Gasteiger partial charge < -0.3 is 5.11 Å². The van der Waals surface area contributed by atoms with Crippen LogP contribution in [0, 0.1) is 13.8 Å². The van der Waals surface area contributed by atoms with Gasteiger partial charge >= 0.3 is 0 Å². The number of hydrogen-bond acceptors (Lipinski definition) is 1. The third-order valence-corrected chi connectivity index (χ3v) is 5.02. The molecule has 0 bridgehead atoms. The van der Waals surface area contributed by atoms with E-state index in [0.717, 1.165) is 10.9 Å². The van der Waals surface area contributed by atoms with Crippen LogP contribution in [0.4, 0.5) is 0 Å². The smallest absolute Gasteiger partial charge is 0.123 e. The molecule has 0 radical (unpaired) electrons. The first-order chi connectivity index (χ1) is 11.1. The van der Waals surface area contributed by atoms with Crippen molar-refractivity contribution in [1.82, 2.24) is 0 Å². The van der Waals surface area contributed by atoms with E-state index in [1.165, 1.54) is 43.3 Å². The van der Waals surface area contributed by atoms with Crippen molar-refractivity contribution in [3.63, 3.8) is 0 Å². The molecule has 0 aliphatic carbocycles.